The number of amides is 1. The molecule has 0 saturated carbocycles. The summed E-state index contributed by atoms with van der Waals surface area (Å²) in [4.78, 5) is 14.5. The van der Waals surface area contributed by atoms with Crippen molar-refractivity contribution in [1.82, 2.24) is 9.47 Å². The summed E-state index contributed by atoms with van der Waals surface area (Å²) >= 11 is 0. The van der Waals surface area contributed by atoms with Crippen LogP contribution in [0.5, 0.6) is 0 Å². The molecule has 2 heterocycles. The minimum absolute atomic E-state index is 0.0699. The van der Waals surface area contributed by atoms with Gasteiger partial charge >= 0.3 is 0 Å². The third kappa shape index (κ3) is 3.04. The van der Waals surface area contributed by atoms with Gasteiger partial charge in [-0.1, -0.05) is 30.3 Å². The first-order chi connectivity index (χ1) is 12.1. The predicted molar refractivity (Wildman–Crippen MR) is 95.8 cm³/mol. The summed E-state index contributed by atoms with van der Waals surface area (Å²) in [6, 6.07) is 18.1. The summed E-state index contributed by atoms with van der Waals surface area (Å²) < 4.78 is 15.3. The number of para-hydroxylation sites is 1. The van der Waals surface area contributed by atoms with Crippen LogP contribution in [0.15, 0.2) is 48.5 Å². The number of carbonyl (C=O) groups is 1. The number of likely N-dealkylation sites (N-methyl/N-ethyl adjacent to an activating group) is 1. The average molecular weight is 335 g/mol. The Labute approximate surface area is 146 Å². The topological polar surface area (TPSA) is 25.2 Å². The lowest BCUT2D eigenvalue weighted by molar-refractivity contribution is -0.131. The van der Waals surface area contributed by atoms with Crippen molar-refractivity contribution in [2.24, 2.45) is 0 Å². The van der Waals surface area contributed by atoms with Crippen LogP contribution < -0.4 is 0 Å². The van der Waals surface area contributed by atoms with Crippen LogP contribution in [0.2, 0.25) is 0 Å². The second kappa shape index (κ2) is 6.36. The van der Waals surface area contributed by atoms with E-state index in [0.717, 1.165) is 30.3 Å². The molecule has 0 unspecified atom stereocenters. The average Bonchev–Trinajstić information content (AvgIpc) is 3.01. The van der Waals surface area contributed by atoms with Crippen molar-refractivity contribution in [3.8, 4) is 0 Å². The molecule has 127 valence electrons. The molecule has 3 aromatic rings. The number of rotatable bonds is 3. The van der Waals surface area contributed by atoms with Crippen molar-refractivity contribution < 1.29 is 9.18 Å². The first kappa shape index (κ1) is 15.9. The number of halogens is 1. The number of fused-ring (bicyclic) bond motifs is 3. The first-order valence-electron chi connectivity index (χ1n) is 8.61. The second-order valence-corrected chi connectivity index (χ2v) is 6.70. The highest BCUT2D eigenvalue weighted by Gasteiger charge is 2.26. The normalized spacial score (nSPS) is 16.6. The van der Waals surface area contributed by atoms with E-state index in [1.165, 1.54) is 23.3 Å². The van der Waals surface area contributed by atoms with Gasteiger partial charge in [-0.25, -0.2) is 4.39 Å². The molecule has 0 saturated heterocycles. The number of hydrogen-bond acceptors (Lipinski definition) is 1. The van der Waals surface area contributed by atoms with Gasteiger partial charge in [0.15, 0.2) is 0 Å². The number of aryl methyl sites for hydroxylation is 1. The standard InChI is InChI=1S/C21H20FN2O/c1-23(21(25)12-15-6-8-17(22)9-7-15)19-11-10-18-13-16-4-2-3-5-20(16)24(18)14-19/h2-9,19H,10-12,14H2,1H3/t19-/m1/s1. The molecule has 4 heteroatoms. The largest absolute Gasteiger partial charge is 0.342 e. The van der Waals surface area contributed by atoms with E-state index in [-0.39, 0.29) is 17.8 Å². The summed E-state index contributed by atoms with van der Waals surface area (Å²) in [5, 5.41) is 1.14. The Balaban J connectivity index is 1.50. The second-order valence-electron chi connectivity index (χ2n) is 6.70. The highest BCUT2D eigenvalue weighted by molar-refractivity contribution is 5.81. The van der Waals surface area contributed by atoms with E-state index in [1.54, 1.807) is 12.1 Å². The molecule has 3 nitrogen and oxygen atoms in total. The molecule has 1 atom stereocenters. The quantitative estimate of drug-likeness (QED) is 0.718. The van der Waals surface area contributed by atoms with Crippen molar-refractivity contribution in [3.63, 3.8) is 0 Å². The molecule has 1 aromatic heterocycles. The van der Waals surface area contributed by atoms with Gasteiger partial charge < -0.3 is 9.47 Å². The number of nitrogens with zero attached hydrogens (tertiary/aromatic N) is 2. The van der Waals surface area contributed by atoms with Crippen LogP contribution >= 0.6 is 0 Å². The number of aromatic nitrogens is 1. The van der Waals surface area contributed by atoms with E-state index in [4.69, 9.17) is 0 Å². The van der Waals surface area contributed by atoms with Gasteiger partial charge in [-0.3, -0.25) is 4.79 Å². The van der Waals surface area contributed by atoms with E-state index in [1.807, 2.05) is 24.1 Å². The SMILES string of the molecule is CN(C(=O)Cc1ccc(F)cc1)[C@@H]1CCc2[c]c3ccccc3n2C1. The molecule has 1 aliphatic rings. The van der Waals surface area contributed by atoms with Crippen LogP contribution in [-0.2, 0) is 24.2 Å². The fourth-order valence-corrected chi connectivity index (χ4v) is 3.62. The van der Waals surface area contributed by atoms with E-state index in [2.05, 4.69) is 22.8 Å². The Bertz CT molecular complexity index is 913. The molecular formula is C21H20FN2O. The molecule has 25 heavy (non-hydrogen) atoms. The number of benzene rings is 2. The predicted octanol–water partition coefficient (Wildman–Crippen LogP) is 3.60. The zero-order valence-corrected chi connectivity index (χ0v) is 14.2. The van der Waals surface area contributed by atoms with Crippen molar-refractivity contribution in [2.45, 2.75) is 31.8 Å². The van der Waals surface area contributed by atoms with Crippen LogP contribution in [0, 0.1) is 11.9 Å². The van der Waals surface area contributed by atoms with Gasteiger partial charge in [-0.2, -0.15) is 0 Å². The molecule has 0 fully saturated rings. The van der Waals surface area contributed by atoms with Gasteiger partial charge in [0.05, 0.1) is 6.42 Å². The highest BCUT2D eigenvalue weighted by atomic mass is 19.1. The van der Waals surface area contributed by atoms with Gasteiger partial charge in [-0.15, -0.1) is 0 Å². The summed E-state index contributed by atoms with van der Waals surface area (Å²) in [5.41, 5.74) is 3.24. The number of carbonyl (C=O) groups excluding carboxylic acids is 1. The van der Waals surface area contributed by atoms with Crippen molar-refractivity contribution >= 4 is 16.8 Å². The fraction of sp³-hybridized carbons (Fsp3) is 0.286. The monoisotopic (exact) mass is 335 g/mol. The van der Waals surface area contributed by atoms with Gasteiger partial charge in [0.2, 0.25) is 5.91 Å². The van der Waals surface area contributed by atoms with E-state index >= 15 is 0 Å². The Morgan fingerprint density at radius 1 is 1.24 bits per heavy atom. The Kier molecular flexibility index (Phi) is 4.04. The van der Waals surface area contributed by atoms with Crippen molar-refractivity contribution in [2.75, 3.05) is 7.05 Å². The minimum atomic E-state index is -0.278. The minimum Gasteiger partial charge on any atom is -0.342 e. The highest BCUT2D eigenvalue weighted by Crippen LogP contribution is 2.26. The molecule has 0 bridgehead atoms. The lowest BCUT2D eigenvalue weighted by atomic mass is 10.0. The molecule has 0 N–H and O–H groups in total. The van der Waals surface area contributed by atoms with Crippen LogP contribution in [-0.4, -0.2) is 28.5 Å². The Hall–Kier alpha value is -2.62. The third-order valence-corrected chi connectivity index (χ3v) is 5.12. The Morgan fingerprint density at radius 3 is 2.80 bits per heavy atom. The molecular weight excluding hydrogens is 315 g/mol. The maximum absolute atomic E-state index is 13.0. The molecule has 2 aromatic carbocycles. The van der Waals surface area contributed by atoms with Crippen LogP contribution in [0.4, 0.5) is 4.39 Å². The van der Waals surface area contributed by atoms with Gasteiger partial charge in [0.1, 0.15) is 5.82 Å². The first-order valence-corrected chi connectivity index (χ1v) is 8.61. The van der Waals surface area contributed by atoms with Crippen LogP contribution in [0.1, 0.15) is 17.7 Å². The van der Waals surface area contributed by atoms with Crippen LogP contribution in [0.25, 0.3) is 10.9 Å². The molecule has 0 spiro atoms. The fourth-order valence-electron chi connectivity index (χ4n) is 3.62. The Morgan fingerprint density at radius 2 is 2.00 bits per heavy atom. The maximum Gasteiger partial charge on any atom is 0.227 e. The molecule has 4 rings (SSSR count). The lowest BCUT2D eigenvalue weighted by Crippen LogP contribution is -2.43. The third-order valence-electron chi connectivity index (χ3n) is 5.12. The van der Waals surface area contributed by atoms with Crippen molar-refractivity contribution in [1.29, 1.82) is 0 Å². The van der Waals surface area contributed by atoms with Crippen LogP contribution in [0.3, 0.4) is 0 Å². The zero-order valence-electron chi connectivity index (χ0n) is 14.2. The summed E-state index contributed by atoms with van der Waals surface area (Å²) in [6.45, 7) is 0.797. The number of hydrogen-bond donors (Lipinski definition) is 0. The summed E-state index contributed by atoms with van der Waals surface area (Å²) in [6.07, 6.45) is 2.17. The summed E-state index contributed by atoms with van der Waals surface area (Å²) in [5.74, 6) is -0.208. The molecule has 1 amide bonds. The molecule has 1 radical (unpaired) electrons. The van der Waals surface area contributed by atoms with E-state index in [0.29, 0.717) is 6.42 Å². The van der Waals surface area contributed by atoms with E-state index in [9.17, 15) is 9.18 Å². The smallest absolute Gasteiger partial charge is 0.227 e. The molecule has 1 aliphatic heterocycles. The van der Waals surface area contributed by atoms with Gasteiger partial charge in [0.25, 0.3) is 0 Å². The maximum atomic E-state index is 13.0. The van der Waals surface area contributed by atoms with Gasteiger partial charge in [-0.05, 0) is 36.6 Å². The van der Waals surface area contributed by atoms with Crippen molar-refractivity contribution in [3.05, 3.63) is 71.7 Å². The molecule has 0 aliphatic carbocycles. The summed E-state index contributed by atoms with van der Waals surface area (Å²) in [7, 11) is 1.87. The van der Waals surface area contributed by atoms with Gasteiger partial charge in [0, 0.05) is 42.3 Å². The van der Waals surface area contributed by atoms with E-state index < -0.39 is 0 Å². The lowest BCUT2D eigenvalue weighted by Gasteiger charge is -2.33. The zero-order chi connectivity index (χ0) is 17.4.